The molecule has 0 atom stereocenters. The zero-order chi connectivity index (χ0) is 12.4. The minimum atomic E-state index is -0.567. The van der Waals surface area contributed by atoms with Gasteiger partial charge in [-0.2, -0.15) is 0 Å². The minimum Gasteiger partial charge on any atom is -0.326 e. The Labute approximate surface area is 98.9 Å². The summed E-state index contributed by atoms with van der Waals surface area (Å²) in [7, 11) is 0. The molecule has 2 aromatic rings. The number of hydrogen-bond acceptors (Lipinski definition) is 1. The lowest BCUT2D eigenvalue weighted by molar-refractivity contribution is 0.584. The standard InChI is InChI=1S/C14H13F2N/c1-9-4-10(8-17)2-3-14(9)11-5-12(15)7-13(16)6-11/h2-7H,8,17H2,1H3. The van der Waals surface area contributed by atoms with Crippen molar-refractivity contribution in [2.45, 2.75) is 13.5 Å². The van der Waals surface area contributed by atoms with Crippen molar-refractivity contribution in [3.63, 3.8) is 0 Å². The summed E-state index contributed by atoms with van der Waals surface area (Å²) in [5.74, 6) is -1.13. The first kappa shape index (κ1) is 11.7. The molecule has 0 aliphatic heterocycles. The second-order valence-corrected chi connectivity index (χ2v) is 4.01. The first-order valence-corrected chi connectivity index (χ1v) is 5.36. The molecule has 3 heteroatoms. The van der Waals surface area contributed by atoms with Gasteiger partial charge in [-0.25, -0.2) is 8.78 Å². The Morgan fingerprint density at radius 1 is 1.00 bits per heavy atom. The molecule has 2 aromatic carbocycles. The topological polar surface area (TPSA) is 26.0 Å². The van der Waals surface area contributed by atoms with Gasteiger partial charge in [0.1, 0.15) is 11.6 Å². The van der Waals surface area contributed by atoms with Crippen molar-refractivity contribution in [3.05, 3.63) is 59.2 Å². The van der Waals surface area contributed by atoms with Gasteiger partial charge in [-0.05, 0) is 41.3 Å². The van der Waals surface area contributed by atoms with E-state index in [-0.39, 0.29) is 0 Å². The first-order chi connectivity index (χ1) is 8.10. The molecule has 0 spiro atoms. The molecular formula is C14H13F2N. The van der Waals surface area contributed by atoms with Crippen molar-refractivity contribution < 1.29 is 8.78 Å². The van der Waals surface area contributed by atoms with Gasteiger partial charge in [0.2, 0.25) is 0 Å². The number of aryl methyl sites for hydroxylation is 1. The lowest BCUT2D eigenvalue weighted by Gasteiger charge is -2.08. The van der Waals surface area contributed by atoms with Crippen molar-refractivity contribution in [1.82, 2.24) is 0 Å². The predicted molar refractivity (Wildman–Crippen MR) is 64.4 cm³/mol. The minimum absolute atomic E-state index is 0.457. The van der Waals surface area contributed by atoms with E-state index in [1.54, 1.807) is 0 Å². The zero-order valence-electron chi connectivity index (χ0n) is 9.50. The number of nitrogens with two attached hydrogens (primary N) is 1. The lowest BCUT2D eigenvalue weighted by Crippen LogP contribution is -1.97. The summed E-state index contributed by atoms with van der Waals surface area (Å²) in [6.07, 6.45) is 0. The summed E-state index contributed by atoms with van der Waals surface area (Å²) in [5, 5.41) is 0. The fourth-order valence-electron chi connectivity index (χ4n) is 1.89. The van der Waals surface area contributed by atoms with Crippen LogP contribution < -0.4 is 5.73 Å². The molecule has 17 heavy (non-hydrogen) atoms. The molecule has 0 aromatic heterocycles. The fourth-order valence-corrected chi connectivity index (χ4v) is 1.89. The van der Waals surface area contributed by atoms with Crippen LogP contribution in [0.5, 0.6) is 0 Å². The Balaban J connectivity index is 2.52. The second kappa shape index (κ2) is 4.63. The smallest absolute Gasteiger partial charge is 0.126 e. The second-order valence-electron chi connectivity index (χ2n) is 4.01. The fraction of sp³-hybridized carbons (Fsp3) is 0.143. The van der Waals surface area contributed by atoms with Gasteiger partial charge in [0, 0.05) is 12.6 Å². The van der Waals surface area contributed by atoms with Crippen molar-refractivity contribution in [3.8, 4) is 11.1 Å². The molecule has 0 aliphatic rings. The van der Waals surface area contributed by atoms with E-state index in [0.717, 1.165) is 22.8 Å². The highest BCUT2D eigenvalue weighted by Crippen LogP contribution is 2.25. The van der Waals surface area contributed by atoms with E-state index in [0.29, 0.717) is 12.1 Å². The number of halogens is 2. The van der Waals surface area contributed by atoms with Crippen LogP contribution in [0.25, 0.3) is 11.1 Å². The van der Waals surface area contributed by atoms with Crippen LogP contribution in [0.15, 0.2) is 36.4 Å². The van der Waals surface area contributed by atoms with Crippen LogP contribution in [-0.4, -0.2) is 0 Å². The van der Waals surface area contributed by atoms with Crippen molar-refractivity contribution in [2.24, 2.45) is 5.73 Å². The van der Waals surface area contributed by atoms with Crippen molar-refractivity contribution in [1.29, 1.82) is 0 Å². The molecule has 0 fully saturated rings. The van der Waals surface area contributed by atoms with E-state index >= 15 is 0 Å². The van der Waals surface area contributed by atoms with Gasteiger partial charge in [-0.3, -0.25) is 0 Å². The SMILES string of the molecule is Cc1cc(CN)ccc1-c1cc(F)cc(F)c1. The lowest BCUT2D eigenvalue weighted by atomic mass is 9.98. The van der Waals surface area contributed by atoms with E-state index in [4.69, 9.17) is 5.73 Å². The molecule has 0 saturated carbocycles. The van der Waals surface area contributed by atoms with E-state index in [9.17, 15) is 8.78 Å². The van der Waals surface area contributed by atoms with Crippen LogP contribution in [0, 0.1) is 18.6 Å². The molecule has 88 valence electrons. The van der Waals surface area contributed by atoms with Crippen LogP contribution in [-0.2, 0) is 6.54 Å². The molecular weight excluding hydrogens is 220 g/mol. The highest BCUT2D eigenvalue weighted by Gasteiger charge is 2.06. The molecule has 0 aliphatic carbocycles. The normalized spacial score (nSPS) is 10.6. The summed E-state index contributed by atoms with van der Waals surface area (Å²) >= 11 is 0. The third-order valence-corrected chi connectivity index (χ3v) is 2.70. The largest absolute Gasteiger partial charge is 0.326 e. The Bertz CT molecular complexity index is 530. The van der Waals surface area contributed by atoms with Gasteiger partial charge in [0.15, 0.2) is 0 Å². The zero-order valence-corrected chi connectivity index (χ0v) is 9.50. The van der Waals surface area contributed by atoms with Crippen molar-refractivity contribution in [2.75, 3.05) is 0 Å². The maximum atomic E-state index is 13.1. The first-order valence-electron chi connectivity index (χ1n) is 5.36. The molecule has 2 N–H and O–H groups in total. The van der Waals surface area contributed by atoms with Gasteiger partial charge in [-0.1, -0.05) is 18.2 Å². The third kappa shape index (κ3) is 2.50. The van der Waals surface area contributed by atoms with Crippen LogP contribution in [0.2, 0.25) is 0 Å². The van der Waals surface area contributed by atoms with Gasteiger partial charge >= 0.3 is 0 Å². The number of rotatable bonds is 2. The molecule has 1 nitrogen and oxygen atoms in total. The maximum absolute atomic E-state index is 13.1. The van der Waals surface area contributed by atoms with E-state index in [2.05, 4.69) is 0 Å². The molecule has 0 saturated heterocycles. The van der Waals surface area contributed by atoms with Crippen molar-refractivity contribution >= 4 is 0 Å². The Kier molecular flexibility index (Phi) is 3.20. The Hall–Kier alpha value is -1.74. The molecule has 0 bridgehead atoms. The highest BCUT2D eigenvalue weighted by atomic mass is 19.1. The van der Waals surface area contributed by atoms with E-state index in [1.807, 2.05) is 25.1 Å². The Morgan fingerprint density at radius 3 is 2.18 bits per heavy atom. The van der Waals surface area contributed by atoms with Crippen LogP contribution >= 0.6 is 0 Å². The highest BCUT2D eigenvalue weighted by molar-refractivity contribution is 5.67. The maximum Gasteiger partial charge on any atom is 0.126 e. The van der Waals surface area contributed by atoms with Gasteiger partial charge < -0.3 is 5.73 Å². The quantitative estimate of drug-likeness (QED) is 0.845. The van der Waals surface area contributed by atoms with E-state index in [1.165, 1.54) is 12.1 Å². The molecule has 0 amide bonds. The molecule has 0 radical (unpaired) electrons. The van der Waals surface area contributed by atoms with Gasteiger partial charge in [0.25, 0.3) is 0 Å². The van der Waals surface area contributed by atoms with Gasteiger partial charge in [-0.15, -0.1) is 0 Å². The number of hydrogen-bond donors (Lipinski definition) is 1. The van der Waals surface area contributed by atoms with Crippen LogP contribution in [0.3, 0.4) is 0 Å². The average molecular weight is 233 g/mol. The summed E-state index contributed by atoms with van der Waals surface area (Å²) in [4.78, 5) is 0. The van der Waals surface area contributed by atoms with E-state index < -0.39 is 11.6 Å². The molecule has 2 rings (SSSR count). The summed E-state index contributed by atoms with van der Waals surface area (Å²) in [6.45, 7) is 2.36. The molecule has 0 unspecified atom stereocenters. The summed E-state index contributed by atoms with van der Waals surface area (Å²) < 4.78 is 26.3. The Morgan fingerprint density at radius 2 is 1.65 bits per heavy atom. The van der Waals surface area contributed by atoms with Gasteiger partial charge in [0.05, 0.1) is 0 Å². The van der Waals surface area contributed by atoms with Crippen LogP contribution in [0.4, 0.5) is 8.78 Å². The predicted octanol–water partition coefficient (Wildman–Crippen LogP) is 3.40. The monoisotopic (exact) mass is 233 g/mol. The number of benzene rings is 2. The summed E-state index contributed by atoms with van der Waals surface area (Å²) in [5.41, 5.74) is 8.86. The third-order valence-electron chi connectivity index (χ3n) is 2.70. The van der Waals surface area contributed by atoms with Crippen LogP contribution in [0.1, 0.15) is 11.1 Å². The average Bonchev–Trinajstić information content (AvgIpc) is 2.27. The molecule has 0 heterocycles. The summed E-state index contributed by atoms with van der Waals surface area (Å²) in [6, 6.07) is 9.16.